The molecule has 0 aliphatic heterocycles. The Bertz CT molecular complexity index is 557. The maximum absolute atomic E-state index is 6.16. The molecule has 0 aromatic heterocycles. The molecular formula is C16H18ClNOS. The highest BCUT2D eigenvalue weighted by atomic mass is 35.5. The molecule has 0 heterocycles. The molecule has 0 aliphatic carbocycles. The molecule has 2 aromatic rings. The van der Waals surface area contributed by atoms with Crippen molar-refractivity contribution in [1.82, 2.24) is 0 Å². The summed E-state index contributed by atoms with van der Waals surface area (Å²) in [7, 11) is 0. The van der Waals surface area contributed by atoms with E-state index >= 15 is 0 Å². The van der Waals surface area contributed by atoms with Crippen molar-refractivity contribution in [3.63, 3.8) is 0 Å². The maximum Gasteiger partial charge on any atom is 0.138 e. The molecular weight excluding hydrogens is 290 g/mol. The largest absolute Gasteiger partial charge is 0.492 e. The lowest BCUT2D eigenvalue weighted by molar-refractivity contribution is 0.340. The van der Waals surface area contributed by atoms with Gasteiger partial charge in [0, 0.05) is 17.1 Å². The predicted molar refractivity (Wildman–Crippen MR) is 88.2 cm³/mol. The van der Waals surface area contributed by atoms with Crippen LogP contribution in [0, 0.1) is 0 Å². The van der Waals surface area contributed by atoms with Crippen LogP contribution in [0.5, 0.6) is 5.75 Å². The van der Waals surface area contributed by atoms with E-state index in [-0.39, 0.29) is 0 Å². The summed E-state index contributed by atoms with van der Waals surface area (Å²) in [6, 6.07) is 14.3. The molecule has 4 heteroatoms. The quantitative estimate of drug-likeness (QED) is 0.753. The summed E-state index contributed by atoms with van der Waals surface area (Å²) in [5, 5.41) is 4.00. The Morgan fingerprint density at radius 3 is 2.50 bits per heavy atom. The molecule has 20 heavy (non-hydrogen) atoms. The number of thioether (sulfide) groups is 1. The van der Waals surface area contributed by atoms with Crippen LogP contribution in [0.25, 0.3) is 0 Å². The van der Waals surface area contributed by atoms with Gasteiger partial charge in [-0.3, -0.25) is 0 Å². The van der Waals surface area contributed by atoms with Gasteiger partial charge in [0.2, 0.25) is 0 Å². The lowest BCUT2D eigenvalue weighted by Crippen LogP contribution is -2.00. The van der Waals surface area contributed by atoms with Gasteiger partial charge >= 0.3 is 0 Å². The van der Waals surface area contributed by atoms with Crippen LogP contribution < -0.4 is 10.1 Å². The van der Waals surface area contributed by atoms with Gasteiger partial charge < -0.3 is 10.1 Å². The van der Waals surface area contributed by atoms with Gasteiger partial charge in [0.15, 0.2) is 0 Å². The minimum absolute atomic E-state index is 0.619. The highest BCUT2D eigenvalue weighted by Gasteiger charge is 2.02. The van der Waals surface area contributed by atoms with Crippen molar-refractivity contribution in [2.75, 3.05) is 18.2 Å². The Kier molecular flexibility index (Phi) is 5.62. The van der Waals surface area contributed by atoms with E-state index in [0.29, 0.717) is 11.6 Å². The molecule has 2 nitrogen and oxygen atoms in total. The molecule has 0 aliphatic rings. The summed E-state index contributed by atoms with van der Waals surface area (Å²) >= 11 is 7.91. The normalized spacial score (nSPS) is 10.3. The molecule has 0 amide bonds. The molecule has 0 radical (unpaired) electrons. The number of rotatable bonds is 6. The lowest BCUT2D eigenvalue weighted by Gasteiger charge is -2.10. The van der Waals surface area contributed by atoms with Crippen molar-refractivity contribution >= 4 is 29.1 Å². The van der Waals surface area contributed by atoms with Crippen molar-refractivity contribution in [2.45, 2.75) is 18.4 Å². The highest BCUT2D eigenvalue weighted by Crippen LogP contribution is 2.28. The highest BCUT2D eigenvalue weighted by molar-refractivity contribution is 7.98. The fourth-order valence-electron chi connectivity index (χ4n) is 1.83. The van der Waals surface area contributed by atoms with Crippen LogP contribution in [0.15, 0.2) is 47.4 Å². The molecule has 0 bridgehead atoms. The zero-order valence-electron chi connectivity index (χ0n) is 11.7. The van der Waals surface area contributed by atoms with E-state index in [1.807, 2.05) is 25.1 Å². The predicted octanol–water partition coefficient (Wildman–Crippen LogP) is 5.07. The summed E-state index contributed by atoms with van der Waals surface area (Å²) in [5.74, 6) is 0.726. The first-order valence-electron chi connectivity index (χ1n) is 6.52. The average Bonchev–Trinajstić information content (AvgIpc) is 2.48. The first kappa shape index (κ1) is 15.1. The van der Waals surface area contributed by atoms with Crippen LogP contribution in [0.2, 0.25) is 5.02 Å². The Morgan fingerprint density at radius 1 is 1.15 bits per heavy atom. The summed E-state index contributed by atoms with van der Waals surface area (Å²) in [5.41, 5.74) is 2.24. The zero-order chi connectivity index (χ0) is 14.4. The van der Waals surface area contributed by atoms with Gasteiger partial charge in [-0.2, -0.15) is 0 Å². The number of hydrogen-bond acceptors (Lipinski definition) is 3. The summed E-state index contributed by atoms with van der Waals surface area (Å²) < 4.78 is 5.42. The Balaban J connectivity index is 1.97. The van der Waals surface area contributed by atoms with Gasteiger partial charge in [0.05, 0.1) is 11.6 Å². The van der Waals surface area contributed by atoms with E-state index in [2.05, 4.69) is 35.8 Å². The van der Waals surface area contributed by atoms with E-state index in [1.54, 1.807) is 11.8 Å². The second kappa shape index (κ2) is 7.46. The lowest BCUT2D eigenvalue weighted by atomic mass is 10.2. The van der Waals surface area contributed by atoms with Crippen molar-refractivity contribution in [3.8, 4) is 5.75 Å². The molecule has 0 saturated heterocycles. The van der Waals surface area contributed by atoms with Crippen LogP contribution in [0.3, 0.4) is 0 Å². The third-order valence-electron chi connectivity index (χ3n) is 2.89. The molecule has 0 saturated carbocycles. The molecule has 2 rings (SSSR count). The van der Waals surface area contributed by atoms with Gasteiger partial charge in [0.1, 0.15) is 5.75 Å². The Morgan fingerprint density at radius 2 is 1.90 bits per heavy atom. The fraction of sp³-hybridized carbons (Fsp3) is 0.250. The average molecular weight is 308 g/mol. The molecule has 0 unspecified atom stereocenters. The number of hydrogen-bond donors (Lipinski definition) is 1. The van der Waals surface area contributed by atoms with Gasteiger partial charge in [0.25, 0.3) is 0 Å². The van der Waals surface area contributed by atoms with Crippen LogP contribution in [-0.4, -0.2) is 12.9 Å². The molecule has 106 valence electrons. The van der Waals surface area contributed by atoms with E-state index in [1.165, 1.54) is 10.5 Å². The topological polar surface area (TPSA) is 21.3 Å². The number of ether oxygens (including phenoxy) is 1. The van der Waals surface area contributed by atoms with Crippen molar-refractivity contribution < 1.29 is 4.74 Å². The molecule has 0 atom stereocenters. The zero-order valence-corrected chi connectivity index (χ0v) is 13.2. The second-order valence-electron chi connectivity index (χ2n) is 4.28. The molecule has 0 spiro atoms. The maximum atomic E-state index is 6.16. The molecule has 1 N–H and O–H groups in total. The first-order valence-corrected chi connectivity index (χ1v) is 8.12. The Hall–Kier alpha value is -1.32. The van der Waals surface area contributed by atoms with E-state index in [0.717, 1.165) is 18.0 Å². The summed E-state index contributed by atoms with van der Waals surface area (Å²) in [6.07, 6.45) is 2.08. The van der Waals surface area contributed by atoms with Crippen molar-refractivity contribution in [2.24, 2.45) is 0 Å². The van der Waals surface area contributed by atoms with E-state index < -0.39 is 0 Å². The van der Waals surface area contributed by atoms with Gasteiger partial charge in [-0.25, -0.2) is 0 Å². The first-order chi connectivity index (χ1) is 9.72. The van der Waals surface area contributed by atoms with Gasteiger partial charge in [-0.1, -0.05) is 23.7 Å². The Labute approximate surface area is 129 Å². The number of benzene rings is 2. The monoisotopic (exact) mass is 307 g/mol. The minimum atomic E-state index is 0.619. The minimum Gasteiger partial charge on any atom is -0.492 e. The second-order valence-corrected chi connectivity index (χ2v) is 5.57. The standard InChI is InChI=1S/C16H18ClNOS/c1-3-19-16-9-6-13(10-15(16)17)18-11-12-4-7-14(20-2)8-5-12/h4-10,18H,3,11H2,1-2H3. The van der Waals surface area contributed by atoms with Crippen LogP contribution in [-0.2, 0) is 6.54 Å². The third-order valence-corrected chi connectivity index (χ3v) is 3.93. The fourth-order valence-corrected chi connectivity index (χ4v) is 2.47. The SMILES string of the molecule is CCOc1ccc(NCc2ccc(SC)cc2)cc1Cl. The van der Waals surface area contributed by atoms with E-state index in [9.17, 15) is 0 Å². The number of halogens is 1. The number of anilines is 1. The van der Waals surface area contributed by atoms with Crippen molar-refractivity contribution in [3.05, 3.63) is 53.1 Å². The number of nitrogens with one attached hydrogen (secondary N) is 1. The van der Waals surface area contributed by atoms with Crippen molar-refractivity contribution in [1.29, 1.82) is 0 Å². The summed E-state index contributed by atoms with van der Waals surface area (Å²) in [4.78, 5) is 1.28. The van der Waals surface area contributed by atoms with Crippen LogP contribution in [0.4, 0.5) is 5.69 Å². The summed E-state index contributed by atoms with van der Waals surface area (Å²) in [6.45, 7) is 3.34. The smallest absolute Gasteiger partial charge is 0.138 e. The molecule has 2 aromatic carbocycles. The van der Waals surface area contributed by atoms with Gasteiger partial charge in [-0.05, 0) is 49.1 Å². The third kappa shape index (κ3) is 4.09. The molecule has 0 fully saturated rings. The van der Waals surface area contributed by atoms with Crippen LogP contribution >= 0.6 is 23.4 Å². The van der Waals surface area contributed by atoms with Crippen LogP contribution in [0.1, 0.15) is 12.5 Å². The van der Waals surface area contributed by atoms with Gasteiger partial charge in [-0.15, -0.1) is 11.8 Å². The van der Waals surface area contributed by atoms with E-state index in [4.69, 9.17) is 16.3 Å².